The monoisotopic (exact) mass is 206 g/mol. The third kappa shape index (κ3) is 2.90. The van der Waals surface area contributed by atoms with Crippen LogP contribution >= 0.6 is 0 Å². The maximum Gasteiger partial charge on any atom is 0.225 e. The van der Waals surface area contributed by atoms with Crippen molar-refractivity contribution < 1.29 is 4.79 Å². The van der Waals surface area contributed by atoms with Gasteiger partial charge in [-0.3, -0.25) is 4.79 Å². The summed E-state index contributed by atoms with van der Waals surface area (Å²) in [6, 6.07) is 0. The Balaban J connectivity index is 1.84. The standard InChI is InChI=1S/C10H14N4O/c11-9-10(13-6-5-12-9)14-8(15)4-3-7-1-2-7/h5-7H,1-4H2,(H2,11,12)(H,13,14,15). The number of carbonyl (C=O) groups excluding carboxylic acids is 1. The van der Waals surface area contributed by atoms with Crippen LogP contribution < -0.4 is 11.1 Å². The quantitative estimate of drug-likeness (QED) is 0.775. The van der Waals surface area contributed by atoms with E-state index < -0.39 is 0 Å². The molecule has 1 aromatic rings. The molecule has 2 rings (SSSR count). The van der Waals surface area contributed by atoms with Crippen molar-refractivity contribution in [3.63, 3.8) is 0 Å². The van der Waals surface area contributed by atoms with E-state index in [1.807, 2.05) is 0 Å². The second-order valence-electron chi connectivity index (χ2n) is 3.82. The number of hydrogen-bond acceptors (Lipinski definition) is 4. The molecule has 0 unspecified atom stereocenters. The maximum absolute atomic E-state index is 11.5. The minimum Gasteiger partial charge on any atom is -0.381 e. The lowest BCUT2D eigenvalue weighted by Gasteiger charge is -2.05. The lowest BCUT2D eigenvalue weighted by Crippen LogP contribution is -2.14. The van der Waals surface area contributed by atoms with Gasteiger partial charge in [-0.2, -0.15) is 0 Å². The zero-order valence-corrected chi connectivity index (χ0v) is 8.44. The molecule has 80 valence electrons. The number of rotatable bonds is 4. The van der Waals surface area contributed by atoms with Crippen molar-refractivity contribution in [2.45, 2.75) is 25.7 Å². The minimum absolute atomic E-state index is 0.0332. The Labute approximate surface area is 88.1 Å². The van der Waals surface area contributed by atoms with E-state index in [-0.39, 0.29) is 11.7 Å². The molecule has 15 heavy (non-hydrogen) atoms. The number of nitrogens with zero attached hydrogens (tertiary/aromatic N) is 2. The fraction of sp³-hybridized carbons (Fsp3) is 0.500. The molecule has 5 heteroatoms. The number of nitrogens with two attached hydrogens (primary N) is 1. The molecule has 1 aromatic heterocycles. The minimum atomic E-state index is -0.0332. The van der Waals surface area contributed by atoms with Crippen molar-refractivity contribution in [1.29, 1.82) is 0 Å². The molecule has 1 amide bonds. The Morgan fingerprint density at radius 1 is 1.47 bits per heavy atom. The summed E-state index contributed by atoms with van der Waals surface area (Å²) >= 11 is 0. The van der Waals surface area contributed by atoms with Gasteiger partial charge in [0.25, 0.3) is 0 Å². The van der Waals surface area contributed by atoms with Crippen LogP contribution in [-0.4, -0.2) is 15.9 Å². The summed E-state index contributed by atoms with van der Waals surface area (Å²) in [4.78, 5) is 19.2. The number of carbonyl (C=O) groups is 1. The molecule has 0 aliphatic heterocycles. The fourth-order valence-electron chi connectivity index (χ4n) is 1.38. The first kappa shape index (κ1) is 9.89. The summed E-state index contributed by atoms with van der Waals surface area (Å²) < 4.78 is 0. The van der Waals surface area contributed by atoms with Crippen LogP contribution in [0.3, 0.4) is 0 Å². The average Bonchev–Trinajstić information content (AvgIpc) is 3.02. The highest BCUT2D eigenvalue weighted by atomic mass is 16.1. The van der Waals surface area contributed by atoms with Gasteiger partial charge in [0.1, 0.15) is 0 Å². The first-order valence-corrected chi connectivity index (χ1v) is 5.12. The van der Waals surface area contributed by atoms with E-state index in [0.717, 1.165) is 12.3 Å². The molecule has 0 atom stereocenters. The number of nitrogen functional groups attached to an aromatic ring is 1. The third-order valence-electron chi connectivity index (χ3n) is 2.46. The van der Waals surface area contributed by atoms with Crippen molar-refractivity contribution in [3.05, 3.63) is 12.4 Å². The van der Waals surface area contributed by atoms with Crippen molar-refractivity contribution in [1.82, 2.24) is 9.97 Å². The Hall–Kier alpha value is -1.65. The molecule has 1 aliphatic rings. The van der Waals surface area contributed by atoms with Gasteiger partial charge in [0, 0.05) is 18.8 Å². The Kier molecular flexibility index (Phi) is 2.80. The lowest BCUT2D eigenvalue weighted by atomic mass is 10.2. The second-order valence-corrected chi connectivity index (χ2v) is 3.82. The molecule has 0 radical (unpaired) electrons. The summed E-state index contributed by atoms with van der Waals surface area (Å²) in [6.07, 6.45) is 7.04. The topological polar surface area (TPSA) is 80.9 Å². The first-order chi connectivity index (χ1) is 7.25. The van der Waals surface area contributed by atoms with E-state index in [9.17, 15) is 4.79 Å². The van der Waals surface area contributed by atoms with Gasteiger partial charge in [-0.05, 0) is 12.3 Å². The van der Waals surface area contributed by atoms with Crippen LogP contribution in [0.15, 0.2) is 12.4 Å². The molecular weight excluding hydrogens is 192 g/mol. The molecule has 0 bridgehead atoms. The van der Waals surface area contributed by atoms with Gasteiger partial charge in [0.05, 0.1) is 0 Å². The second kappa shape index (κ2) is 4.25. The summed E-state index contributed by atoms with van der Waals surface area (Å²) in [7, 11) is 0. The molecule has 0 spiro atoms. The summed E-state index contributed by atoms with van der Waals surface area (Å²) in [5.74, 6) is 1.35. The molecule has 1 heterocycles. The van der Waals surface area contributed by atoms with Gasteiger partial charge < -0.3 is 11.1 Å². The molecular formula is C10H14N4O. The number of amides is 1. The van der Waals surface area contributed by atoms with E-state index in [4.69, 9.17) is 5.73 Å². The van der Waals surface area contributed by atoms with E-state index in [1.165, 1.54) is 25.2 Å². The van der Waals surface area contributed by atoms with E-state index in [1.54, 1.807) is 0 Å². The summed E-state index contributed by atoms with van der Waals surface area (Å²) in [5, 5.41) is 2.66. The van der Waals surface area contributed by atoms with Crippen LogP contribution in [-0.2, 0) is 4.79 Å². The third-order valence-corrected chi connectivity index (χ3v) is 2.46. The highest BCUT2D eigenvalue weighted by Gasteiger charge is 2.22. The molecule has 1 saturated carbocycles. The van der Waals surface area contributed by atoms with Crippen molar-refractivity contribution in [2.75, 3.05) is 11.1 Å². The molecule has 0 aromatic carbocycles. The summed E-state index contributed by atoms with van der Waals surface area (Å²) in [5.41, 5.74) is 5.55. The fourth-order valence-corrected chi connectivity index (χ4v) is 1.38. The van der Waals surface area contributed by atoms with Crippen LogP contribution in [0.1, 0.15) is 25.7 Å². The zero-order chi connectivity index (χ0) is 10.7. The summed E-state index contributed by atoms with van der Waals surface area (Å²) in [6.45, 7) is 0. The number of anilines is 2. The maximum atomic E-state index is 11.5. The van der Waals surface area contributed by atoms with Crippen LogP contribution in [0.5, 0.6) is 0 Å². The van der Waals surface area contributed by atoms with E-state index in [0.29, 0.717) is 12.2 Å². The highest BCUT2D eigenvalue weighted by molar-refractivity contribution is 5.91. The Morgan fingerprint density at radius 2 is 2.20 bits per heavy atom. The molecule has 1 fully saturated rings. The van der Waals surface area contributed by atoms with Gasteiger partial charge >= 0.3 is 0 Å². The van der Waals surface area contributed by atoms with Crippen LogP contribution in [0.4, 0.5) is 11.6 Å². The highest BCUT2D eigenvalue weighted by Crippen LogP contribution is 2.33. The molecule has 1 aliphatic carbocycles. The van der Waals surface area contributed by atoms with Gasteiger partial charge in [-0.1, -0.05) is 12.8 Å². The van der Waals surface area contributed by atoms with Crippen molar-refractivity contribution in [3.8, 4) is 0 Å². The smallest absolute Gasteiger partial charge is 0.225 e. The van der Waals surface area contributed by atoms with Gasteiger partial charge in [0.2, 0.25) is 5.91 Å². The Bertz CT molecular complexity index is 362. The van der Waals surface area contributed by atoms with Gasteiger partial charge in [0.15, 0.2) is 11.6 Å². The van der Waals surface area contributed by atoms with Gasteiger partial charge in [-0.15, -0.1) is 0 Å². The SMILES string of the molecule is Nc1nccnc1NC(=O)CCC1CC1. The molecule has 3 N–H and O–H groups in total. The predicted molar refractivity (Wildman–Crippen MR) is 57.0 cm³/mol. The van der Waals surface area contributed by atoms with E-state index in [2.05, 4.69) is 15.3 Å². The largest absolute Gasteiger partial charge is 0.381 e. The average molecular weight is 206 g/mol. The van der Waals surface area contributed by atoms with Crippen molar-refractivity contribution in [2.24, 2.45) is 5.92 Å². The van der Waals surface area contributed by atoms with Crippen molar-refractivity contribution >= 4 is 17.5 Å². The zero-order valence-electron chi connectivity index (χ0n) is 8.44. The lowest BCUT2D eigenvalue weighted by molar-refractivity contribution is -0.116. The number of nitrogens with one attached hydrogen (secondary N) is 1. The molecule has 5 nitrogen and oxygen atoms in total. The van der Waals surface area contributed by atoms with Crippen LogP contribution in [0, 0.1) is 5.92 Å². The Morgan fingerprint density at radius 3 is 2.87 bits per heavy atom. The van der Waals surface area contributed by atoms with Gasteiger partial charge in [-0.25, -0.2) is 9.97 Å². The normalized spacial score (nSPS) is 14.9. The first-order valence-electron chi connectivity index (χ1n) is 5.12. The molecule has 0 saturated heterocycles. The number of hydrogen-bond donors (Lipinski definition) is 2. The predicted octanol–water partition coefficient (Wildman–Crippen LogP) is 1.19. The number of aromatic nitrogens is 2. The van der Waals surface area contributed by atoms with Crippen LogP contribution in [0.2, 0.25) is 0 Å². The van der Waals surface area contributed by atoms with Crippen LogP contribution in [0.25, 0.3) is 0 Å². The van der Waals surface area contributed by atoms with E-state index >= 15 is 0 Å².